The molecule has 1 rings (SSSR count). The molecule has 0 aliphatic carbocycles. The highest BCUT2D eigenvalue weighted by atomic mass is 16.4. The topological polar surface area (TPSA) is 49.3 Å². The van der Waals surface area contributed by atoms with Gasteiger partial charge in [-0.2, -0.15) is 0 Å². The number of hydrogen-bond acceptors (Lipinski definition) is 2. The lowest BCUT2D eigenvalue weighted by Crippen LogP contribution is -2.20. The number of nitrogens with one attached hydrogen (secondary N) is 1. The molecular formula is C7H11NO2. The molecule has 1 fully saturated rings. The van der Waals surface area contributed by atoms with Crippen molar-refractivity contribution in [2.24, 2.45) is 0 Å². The number of aliphatic carboxylic acids is 1. The molecule has 3 heteroatoms. The standard InChI is InChI=1S/C7H11NO2/c9-7(10)5-6-3-1-2-4-8-6/h5,8H,1-4H2,(H,9,10)/b6-5-. The van der Waals surface area contributed by atoms with E-state index in [2.05, 4.69) is 5.32 Å². The number of rotatable bonds is 1. The monoisotopic (exact) mass is 141 g/mol. The van der Waals surface area contributed by atoms with Gasteiger partial charge in [0.15, 0.2) is 0 Å². The lowest BCUT2D eigenvalue weighted by atomic mass is 10.1. The largest absolute Gasteiger partial charge is 0.478 e. The van der Waals surface area contributed by atoms with E-state index < -0.39 is 5.97 Å². The fourth-order valence-electron chi connectivity index (χ4n) is 1.05. The SMILES string of the molecule is O=C(O)/C=C1/CCCCN1. The van der Waals surface area contributed by atoms with E-state index in [9.17, 15) is 4.79 Å². The van der Waals surface area contributed by atoms with Crippen molar-refractivity contribution in [1.29, 1.82) is 0 Å². The zero-order chi connectivity index (χ0) is 7.40. The average Bonchev–Trinajstić information content (AvgIpc) is 1.88. The molecule has 1 saturated heterocycles. The van der Waals surface area contributed by atoms with Gasteiger partial charge >= 0.3 is 5.97 Å². The van der Waals surface area contributed by atoms with Crippen LogP contribution in [0.15, 0.2) is 11.8 Å². The van der Waals surface area contributed by atoms with Gasteiger partial charge in [0, 0.05) is 18.3 Å². The number of allylic oxidation sites excluding steroid dienone is 1. The summed E-state index contributed by atoms with van der Waals surface area (Å²) in [6.45, 7) is 0.916. The lowest BCUT2D eigenvalue weighted by Gasteiger charge is -2.15. The number of carbonyl (C=O) groups is 1. The summed E-state index contributed by atoms with van der Waals surface area (Å²) < 4.78 is 0. The summed E-state index contributed by atoms with van der Waals surface area (Å²) in [6, 6.07) is 0. The highest BCUT2D eigenvalue weighted by Gasteiger charge is 2.04. The Bertz CT molecular complexity index is 155. The highest BCUT2D eigenvalue weighted by Crippen LogP contribution is 2.09. The Morgan fingerprint density at radius 2 is 2.40 bits per heavy atom. The number of hydrogen-bond donors (Lipinski definition) is 2. The summed E-state index contributed by atoms with van der Waals surface area (Å²) in [6.07, 6.45) is 4.38. The highest BCUT2D eigenvalue weighted by molar-refractivity contribution is 5.80. The molecule has 1 heterocycles. The fourth-order valence-corrected chi connectivity index (χ4v) is 1.05. The van der Waals surface area contributed by atoms with Crippen LogP contribution in [0.25, 0.3) is 0 Å². The van der Waals surface area contributed by atoms with Crippen molar-refractivity contribution in [3.05, 3.63) is 11.8 Å². The van der Waals surface area contributed by atoms with Crippen molar-refractivity contribution in [3.8, 4) is 0 Å². The van der Waals surface area contributed by atoms with Gasteiger partial charge in [-0.1, -0.05) is 0 Å². The minimum absolute atomic E-state index is 0.857. The predicted molar refractivity (Wildman–Crippen MR) is 37.6 cm³/mol. The number of carboxylic acid groups (broad SMARTS) is 1. The van der Waals surface area contributed by atoms with Crippen LogP contribution in [0.3, 0.4) is 0 Å². The van der Waals surface area contributed by atoms with E-state index in [1.807, 2.05) is 0 Å². The third kappa shape index (κ3) is 2.09. The van der Waals surface area contributed by atoms with Crippen molar-refractivity contribution in [2.45, 2.75) is 19.3 Å². The number of carboxylic acids is 1. The Morgan fingerprint density at radius 1 is 1.60 bits per heavy atom. The average molecular weight is 141 g/mol. The second-order valence-electron chi connectivity index (χ2n) is 2.39. The van der Waals surface area contributed by atoms with Gasteiger partial charge in [0.2, 0.25) is 0 Å². The summed E-state index contributed by atoms with van der Waals surface area (Å²) in [5.74, 6) is -0.857. The van der Waals surface area contributed by atoms with Gasteiger partial charge in [0.05, 0.1) is 0 Å². The van der Waals surface area contributed by atoms with Crippen LogP contribution in [0.1, 0.15) is 19.3 Å². The Kier molecular flexibility index (Phi) is 2.31. The van der Waals surface area contributed by atoms with E-state index in [1.54, 1.807) is 0 Å². The van der Waals surface area contributed by atoms with Gasteiger partial charge in [-0.05, 0) is 19.3 Å². The summed E-state index contributed by atoms with van der Waals surface area (Å²) in [5.41, 5.74) is 0.860. The van der Waals surface area contributed by atoms with Crippen LogP contribution in [0.4, 0.5) is 0 Å². The zero-order valence-corrected chi connectivity index (χ0v) is 5.76. The first-order chi connectivity index (χ1) is 4.79. The lowest BCUT2D eigenvalue weighted by molar-refractivity contribution is -0.131. The van der Waals surface area contributed by atoms with Crippen LogP contribution in [0, 0.1) is 0 Å². The maximum atomic E-state index is 10.2. The normalized spacial score (nSPS) is 22.2. The molecule has 1 aliphatic rings. The molecule has 56 valence electrons. The quantitative estimate of drug-likeness (QED) is 0.529. The summed E-state index contributed by atoms with van der Waals surface area (Å²) >= 11 is 0. The maximum absolute atomic E-state index is 10.2. The molecule has 0 aromatic carbocycles. The molecule has 1 aliphatic heterocycles. The van der Waals surface area contributed by atoms with Crippen molar-refractivity contribution >= 4 is 5.97 Å². The van der Waals surface area contributed by atoms with Crippen molar-refractivity contribution < 1.29 is 9.90 Å². The Hall–Kier alpha value is -0.990. The molecule has 10 heavy (non-hydrogen) atoms. The molecule has 0 bridgehead atoms. The Labute approximate surface area is 59.7 Å². The van der Waals surface area contributed by atoms with Crippen LogP contribution in [-0.2, 0) is 4.79 Å². The van der Waals surface area contributed by atoms with Crippen LogP contribution in [0.2, 0.25) is 0 Å². The third-order valence-electron chi connectivity index (χ3n) is 1.52. The Balaban J connectivity index is 2.45. The Morgan fingerprint density at radius 3 is 2.90 bits per heavy atom. The molecule has 0 aromatic heterocycles. The van der Waals surface area contributed by atoms with Gasteiger partial charge in [-0.3, -0.25) is 0 Å². The molecule has 0 spiro atoms. The molecule has 0 radical (unpaired) electrons. The van der Waals surface area contributed by atoms with Gasteiger partial charge in [-0.25, -0.2) is 4.79 Å². The molecule has 0 saturated carbocycles. The molecule has 0 aromatic rings. The summed E-state index contributed by atoms with van der Waals surface area (Å²) in [5, 5.41) is 11.4. The van der Waals surface area contributed by atoms with Gasteiger partial charge < -0.3 is 10.4 Å². The van der Waals surface area contributed by atoms with E-state index >= 15 is 0 Å². The van der Waals surface area contributed by atoms with Gasteiger partial charge in [-0.15, -0.1) is 0 Å². The first-order valence-corrected chi connectivity index (χ1v) is 3.46. The molecule has 0 amide bonds. The predicted octanol–water partition coefficient (Wildman–Crippen LogP) is 0.728. The van der Waals surface area contributed by atoms with Crippen molar-refractivity contribution in [2.75, 3.05) is 6.54 Å². The fraction of sp³-hybridized carbons (Fsp3) is 0.571. The van der Waals surface area contributed by atoms with Gasteiger partial charge in [0.25, 0.3) is 0 Å². The van der Waals surface area contributed by atoms with E-state index in [0.717, 1.165) is 31.5 Å². The molecule has 2 N–H and O–H groups in total. The van der Waals surface area contributed by atoms with E-state index in [0.29, 0.717) is 0 Å². The summed E-state index contributed by atoms with van der Waals surface area (Å²) in [7, 11) is 0. The van der Waals surface area contributed by atoms with Crippen LogP contribution >= 0.6 is 0 Å². The van der Waals surface area contributed by atoms with E-state index in [-0.39, 0.29) is 0 Å². The van der Waals surface area contributed by atoms with Crippen LogP contribution in [0.5, 0.6) is 0 Å². The smallest absolute Gasteiger partial charge is 0.330 e. The third-order valence-corrected chi connectivity index (χ3v) is 1.52. The van der Waals surface area contributed by atoms with E-state index in [1.165, 1.54) is 6.08 Å². The number of piperidine rings is 1. The molecule has 0 unspecified atom stereocenters. The molecule has 0 atom stereocenters. The first kappa shape index (κ1) is 7.12. The maximum Gasteiger partial charge on any atom is 0.330 e. The molecule has 3 nitrogen and oxygen atoms in total. The summed E-state index contributed by atoms with van der Waals surface area (Å²) in [4.78, 5) is 10.2. The van der Waals surface area contributed by atoms with Crippen molar-refractivity contribution in [3.63, 3.8) is 0 Å². The van der Waals surface area contributed by atoms with Crippen LogP contribution in [-0.4, -0.2) is 17.6 Å². The first-order valence-electron chi connectivity index (χ1n) is 3.46. The zero-order valence-electron chi connectivity index (χ0n) is 5.76. The van der Waals surface area contributed by atoms with E-state index in [4.69, 9.17) is 5.11 Å². The molecular weight excluding hydrogens is 130 g/mol. The van der Waals surface area contributed by atoms with Crippen molar-refractivity contribution in [1.82, 2.24) is 5.32 Å². The van der Waals surface area contributed by atoms with Crippen LogP contribution < -0.4 is 5.32 Å². The second-order valence-corrected chi connectivity index (χ2v) is 2.39. The minimum Gasteiger partial charge on any atom is -0.478 e. The van der Waals surface area contributed by atoms with Gasteiger partial charge in [0.1, 0.15) is 0 Å². The second kappa shape index (κ2) is 3.25. The minimum atomic E-state index is -0.857.